The lowest BCUT2D eigenvalue weighted by molar-refractivity contribution is -0.116. The third-order valence-electron chi connectivity index (χ3n) is 2.39. The molecule has 0 saturated carbocycles. The zero-order valence-corrected chi connectivity index (χ0v) is 9.71. The Hall–Kier alpha value is -2.61. The third kappa shape index (κ3) is 3.19. The van der Waals surface area contributed by atoms with Crippen molar-refractivity contribution < 1.29 is 4.79 Å². The number of hydrogen-bond acceptors (Lipinski definition) is 3. The Labute approximate surface area is 105 Å². The van der Waals surface area contributed by atoms with E-state index in [0.29, 0.717) is 12.1 Å². The highest BCUT2D eigenvalue weighted by Gasteiger charge is 2.03. The van der Waals surface area contributed by atoms with Crippen LogP contribution in [0, 0.1) is 11.3 Å². The first-order chi connectivity index (χ1) is 8.78. The predicted octanol–water partition coefficient (Wildman–Crippen LogP) is 1.59. The van der Waals surface area contributed by atoms with Crippen LogP contribution in [0.5, 0.6) is 0 Å². The summed E-state index contributed by atoms with van der Waals surface area (Å²) in [6.07, 6.45) is 3.74. The zero-order chi connectivity index (χ0) is 12.8. The van der Waals surface area contributed by atoms with Crippen LogP contribution in [0.15, 0.2) is 42.7 Å². The van der Waals surface area contributed by atoms with Crippen molar-refractivity contribution in [2.45, 2.75) is 13.0 Å². The van der Waals surface area contributed by atoms with Crippen LogP contribution < -0.4 is 5.32 Å². The number of rotatable bonds is 4. The SMILES string of the molecule is N#CCc1ccc(NC(=O)Cn2cccn2)cc1. The van der Waals surface area contributed by atoms with E-state index < -0.39 is 0 Å². The highest BCUT2D eigenvalue weighted by atomic mass is 16.2. The molecule has 0 saturated heterocycles. The van der Waals surface area contributed by atoms with Crippen LogP contribution >= 0.6 is 0 Å². The molecule has 0 spiro atoms. The molecule has 90 valence electrons. The van der Waals surface area contributed by atoms with Gasteiger partial charge in [-0.15, -0.1) is 0 Å². The van der Waals surface area contributed by atoms with Gasteiger partial charge in [-0.3, -0.25) is 9.48 Å². The van der Waals surface area contributed by atoms with Gasteiger partial charge >= 0.3 is 0 Å². The second-order valence-electron chi connectivity index (χ2n) is 3.78. The van der Waals surface area contributed by atoms with E-state index >= 15 is 0 Å². The van der Waals surface area contributed by atoms with E-state index in [9.17, 15) is 4.79 Å². The summed E-state index contributed by atoms with van der Waals surface area (Å²) >= 11 is 0. The number of nitrogens with one attached hydrogen (secondary N) is 1. The summed E-state index contributed by atoms with van der Waals surface area (Å²) < 4.78 is 1.55. The fraction of sp³-hybridized carbons (Fsp3) is 0.154. The van der Waals surface area contributed by atoms with Gasteiger partial charge in [-0.25, -0.2) is 0 Å². The second kappa shape index (κ2) is 5.64. The highest BCUT2D eigenvalue weighted by Crippen LogP contribution is 2.09. The molecule has 18 heavy (non-hydrogen) atoms. The maximum absolute atomic E-state index is 11.7. The van der Waals surface area contributed by atoms with Crippen molar-refractivity contribution in [1.82, 2.24) is 9.78 Å². The quantitative estimate of drug-likeness (QED) is 0.882. The molecule has 1 N–H and O–H groups in total. The van der Waals surface area contributed by atoms with Gasteiger partial charge in [0.1, 0.15) is 6.54 Å². The Morgan fingerprint density at radius 1 is 1.39 bits per heavy atom. The molecule has 0 atom stereocenters. The molecule has 2 rings (SSSR count). The maximum atomic E-state index is 11.7. The first-order valence-electron chi connectivity index (χ1n) is 5.51. The molecule has 1 heterocycles. The minimum absolute atomic E-state index is 0.133. The van der Waals surface area contributed by atoms with Gasteiger partial charge in [0.15, 0.2) is 0 Å². The molecule has 0 radical (unpaired) electrons. The Bertz CT molecular complexity index is 552. The smallest absolute Gasteiger partial charge is 0.246 e. The van der Waals surface area contributed by atoms with Gasteiger partial charge in [0.05, 0.1) is 12.5 Å². The lowest BCUT2D eigenvalue weighted by Crippen LogP contribution is -2.18. The van der Waals surface area contributed by atoms with Crippen molar-refractivity contribution in [2.75, 3.05) is 5.32 Å². The summed E-state index contributed by atoms with van der Waals surface area (Å²) in [6.45, 7) is 0.187. The van der Waals surface area contributed by atoms with Crippen molar-refractivity contribution in [2.24, 2.45) is 0 Å². The first-order valence-corrected chi connectivity index (χ1v) is 5.51. The number of carbonyl (C=O) groups excluding carboxylic acids is 1. The van der Waals surface area contributed by atoms with Crippen LogP contribution in [0.2, 0.25) is 0 Å². The molecule has 2 aromatic rings. The average Bonchev–Trinajstić information content (AvgIpc) is 2.84. The lowest BCUT2D eigenvalue weighted by atomic mass is 10.1. The third-order valence-corrected chi connectivity index (χ3v) is 2.39. The summed E-state index contributed by atoms with van der Waals surface area (Å²) in [4.78, 5) is 11.7. The molecular formula is C13H12N4O. The Morgan fingerprint density at radius 2 is 2.17 bits per heavy atom. The van der Waals surface area contributed by atoms with Crippen molar-refractivity contribution in [1.29, 1.82) is 5.26 Å². The fourth-order valence-electron chi connectivity index (χ4n) is 1.54. The van der Waals surface area contributed by atoms with E-state index in [1.165, 1.54) is 0 Å². The minimum atomic E-state index is -0.133. The van der Waals surface area contributed by atoms with Crippen LogP contribution in [0.25, 0.3) is 0 Å². The number of carbonyl (C=O) groups is 1. The summed E-state index contributed by atoms with van der Waals surface area (Å²) in [5.74, 6) is -0.133. The average molecular weight is 240 g/mol. The van der Waals surface area contributed by atoms with Gasteiger partial charge < -0.3 is 5.32 Å². The topological polar surface area (TPSA) is 70.7 Å². The van der Waals surface area contributed by atoms with Crippen LogP contribution in [0.3, 0.4) is 0 Å². The molecule has 5 nitrogen and oxygen atoms in total. The van der Waals surface area contributed by atoms with Gasteiger partial charge in [0.25, 0.3) is 0 Å². The Kier molecular flexibility index (Phi) is 3.72. The molecule has 5 heteroatoms. The van der Waals surface area contributed by atoms with Crippen LogP contribution in [-0.4, -0.2) is 15.7 Å². The standard InChI is InChI=1S/C13H12N4O/c14-7-6-11-2-4-12(5-3-11)16-13(18)10-17-9-1-8-15-17/h1-5,8-9H,6,10H2,(H,16,18). The van der Waals surface area contributed by atoms with E-state index in [2.05, 4.69) is 16.5 Å². The van der Waals surface area contributed by atoms with E-state index in [1.54, 1.807) is 35.3 Å². The molecule has 0 aliphatic carbocycles. The largest absolute Gasteiger partial charge is 0.324 e. The van der Waals surface area contributed by atoms with Gasteiger partial charge in [-0.05, 0) is 23.8 Å². The van der Waals surface area contributed by atoms with Crippen molar-refractivity contribution >= 4 is 11.6 Å². The second-order valence-corrected chi connectivity index (χ2v) is 3.78. The molecule has 0 fully saturated rings. The number of hydrogen-bond donors (Lipinski definition) is 1. The lowest BCUT2D eigenvalue weighted by Gasteiger charge is -2.05. The van der Waals surface area contributed by atoms with Gasteiger partial charge in [-0.1, -0.05) is 12.1 Å². The minimum Gasteiger partial charge on any atom is -0.324 e. The summed E-state index contributed by atoms with van der Waals surface area (Å²) in [6, 6.07) is 11.1. The molecule has 1 aromatic heterocycles. The molecule has 0 bridgehead atoms. The van der Waals surface area contributed by atoms with E-state index in [1.807, 2.05) is 12.1 Å². The molecule has 0 aliphatic rings. The number of amides is 1. The highest BCUT2D eigenvalue weighted by molar-refractivity contribution is 5.90. The fourth-order valence-corrected chi connectivity index (χ4v) is 1.54. The first kappa shape index (κ1) is 11.9. The number of nitrogens with zero attached hydrogens (tertiary/aromatic N) is 3. The molecule has 0 unspecified atom stereocenters. The van der Waals surface area contributed by atoms with Crippen LogP contribution in [-0.2, 0) is 17.8 Å². The Balaban J connectivity index is 1.93. The van der Waals surface area contributed by atoms with Crippen LogP contribution in [0.4, 0.5) is 5.69 Å². The number of benzene rings is 1. The van der Waals surface area contributed by atoms with Gasteiger partial charge in [-0.2, -0.15) is 10.4 Å². The van der Waals surface area contributed by atoms with E-state index in [0.717, 1.165) is 5.56 Å². The number of aromatic nitrogens is 2. The van der Waals surface area contributed by atoms with Crippen molar-refractivity contribution in [3.05, 3.63) is 48.3 Å². The monoisotopic (exact) mass is 240 g/mol. The van der Waals surface area contributed by atoms with Gasteiger partial charge in [0, 0.05) is 18.1 Å². The normalized spacial score (nSPS) is 9.72. The van der Waals surface area contributed by atoms with Crippen LogP contribution in [0.1, 0.15) is 5.56 Å². The predicted molar refractivity (Wildman–Crippen MR) is 66.6 cm³/mol. The summed E-state index contributed by atoms with van der Waals surface area (Å²) in [5, 5.41) is 15.3. The van der Waals surface area contributed by atoms with Gasteiger partial charge in [0.2, 0.25) is 5.91 Å². The van der Waals surface area contributed by atoms with Crippen molar-refractivity contribution in [3.63, 3.8) is 0 Å². The molecule has 0 aliphatic heterocycles. The van der Waals surface area contributed by atoms with Crippen molar-refractivity contribution in [3.8, 4) is 6.07 Å². The molecule has 1 amide bonds. The van der Waals surface area contributed by atoms with E-state index in [-0.39, 0.29) is 12.5 Å². The Morgan fingerprint density at radius 3 is 2.78 bits per heavy atom. The maximum Gasteiger partial charge on any atom is 0.246 e. The molecule has 1 aromatic carbocycles. The zero-order valence-electron chi connectivity index (χ0n) is 9.71. The molecular weight excluding hydrogens is 228 g/mol. The number of nitriles is 1. The van der Waals surface area contributed by atoms with E-state index in [4.69, 9.17) is 5.26 Å². The number of anilines is 1. The summed E-state index contributed by atoms with van der Waals surface area (Å²) in [7, 11) is 0. The summed E-state index contributed by atoms with van der Waals surface area (Å²) in [5.41, 5.74) is 1.65.